The summed E-state index contributed by atoms with van der Waals surface area (Å²) >= 11 is 1.45. The third-order valence-corrected chi connectivity index (χ3v) is 3.64. The average molecular weight is 288 g/mol. The van der Waals surface area contributed by atoms with Gasteiger partial charge in [-0.2, -0.15) is 0 Å². The molecule has 0 aliphatic heterocycles. The summed E-state index contributed by atoms with van der Waals surface area (Å²) in [5.74, 6) is 1.01. The third-order valence-electron chi connectivity index (χ3n) is 2.65. The van der Waals surface area contributed by atoms with Crippen LogP contribution in [0.3, 0.4) is 0 Å². The Bertz CT molecular complexity index is 602. The van der Waals surface area contributed by atoms with Gasteiger partial charge in [-0.1, -0.05) is 18.2 Å². The average Bonchev–Trinajstić information content (AvgIpc) is 2.48. The Labute approximate surface area is 122 Å². The second kappa shape index (κ2) is 6.86. The number of nitrogens with one attached hydrogen (secondary N) is 1. The highest BCUT2D eigenvalue weighted by Crippen LogP contribution is 2.23. The molecule has 1 amide bonds. The molecule has 0 radical (unpaired) electrons. The number of methoxy groups -OCH3 is 1. The van der Waals surface area contributed by atoms with Crippen molar-refractivity contribution in [3.63, 3.8) is 0 Å². The maximum atomic E-state index is 11.9. The maximum absolute atomic E-state index is 11.9. The second-order valence-electron chi connectivity index (χ2n) is 4.10. The van der Waals surface area contributed by atoms with Crippen LogP contribution in [0.15, 0.2) is 53.4 Å². The topological polar surface area (TPSA) is 64.3 Å². The van der Waals surface area contributed by atoms with E-state index in [2.05, 4.69) is 5.32 Å². The largest absolute Gasteiger partial charge is 0.497 e. The van der Waals surface area contributed by atoms with Crippen molar-refractivity contribution in [1.29, 1.82) is 0 Å². The second-order valence-corrected chi connectivity index (χ2v) is 5.15. The van der Waals surface area contributed by atoms with Crippen molar-refractivity contribution in [3.05, 3.63) is 48.5 Å². The summed E-state index contributed by atoms with van der Waals surface area (Å²) in [5, 5.41) is 2.79. The number of nitrogen functional groups attached to an aromatic ring is 1. The molecule has 0 aliphatic rings. The standard InChI is InChI=1S/C15H16N2O2S/c1-19-11-5-4-6-12(9-11)20-10-15(18)17-14-8-3-2-7-13(14)16/h2-9H,10,16H2,1H3,(H,17,18). The summed E-state index contributed by atoms with van der Waals surface area (Å²) in [7, 11) is 1.62. The molecule has 0 saturated carbocycles. The first kappa shape index (κ1) is 14.3. The molecule has 2 aromatic rings. The lowest BCUT2D eigenvalue weighted by atomic mass is 10.3. The van der Waals surface area contributed by atoms with Gasteiger partial charge in [0.1, 0.15) is 5.75 Å². The highest BCUT2D eigenvalue weighted by atomic mass is 32.2. The predicted molar refractivity (Wildman–Crippen MR) is 83.2 cm³/mol. The van der Waals surface area contributed by atoms with Crippen LogP contribution >= 0.6 is 11.8 Å². The smallest absolute Gasteiger partial charge is 0.234 e. The van der Waals surface area contributed by atoms with Crippen molar-refractivity contribution in [2.24, 2.45) is 0 Å². The van der Waals surface area contributed by atoms with Gasteiger partial charge in [-0.05, 0) is 30.3 Å². The summed E-state index contributed by atoms with van der Waals surface area (Å²) in [5.41, 5.74) is 6.98. The van der Waals surface area contributed by atoms with E-state index >= 15 is 0 Å². The number of thioether (sulfide) groups is 1. The van der Waals surface area contributed by atoms with Crippen molar-refractivity contribution in [3.8, 4) is 5.75 Å². The molecule has 0 atom stereocenters. The predicted octanol–water partition coefficient (Wildman–Crippen LogP) is 3.01. The SMILES string of the molecule is COc1cccc(SCC(=O)Nc2ccccc2N)c1. The number of ether oxygens (including phenoxy) is 1. The summed E-state index contributed by atoms with van der Waals surface area (Å²) in [6, 6.07) is 14.8. The Balaban J connectivity index is 1.90. The molecule has 0 spiro atoms. The van der Waals surface area contributed by atoms with Crippen molar-refractivity contribution >= 4 is 29.0 Å². The molecule has 0 aliphatic carbocycles. The van der Waals surface area contributed by atoms with Crippen LogP contribution in [0.2, 0.25) is 0 Å². The zero-order valence-corrected chi connectivity index (χ0v) is 11.9. The molecule has 0 saturated heterocycles. The molecule has 0 fully saturated rings. The Hall–Kier alpha value is -2.14. The van der Waals surface area contributed by atoms with Crippen LogP contribution in [0.4, 0.5) is 11.4 Å². The third kappa shape index (κ3) is 3.93. The summed E-state index contributed by atoms with van der Waals surface area (Å²) in [6.07, 6.45) is 0. The lowest BCUT2D eigenvalue weighted by Crippen LogP contribution is -2.15. The number of rotatable bonds is 5. The zero-order valence-electron chi connectivity index (χ0n) is 11.1. The van der Waals surface area contributed by atoms with Crippen LogP contribution in [-0.4, -0.2) is 18.8 Å². The fraction of sp³-hybridized carbons (Fsp3) is 0.133. The van der Waals surface area contributed by atoms with Gasteiger partial charge in [0, 0.05) is 4.90 Å². The molecule has 4 nitrogen and oxygen atoms in total. The first-order valence-corrected chi connectivity index (χ1v) is 7.09. The van der Waals surface area contributed by atoms with Crippen LogP contribution in [0.25, 0.3) is 0 Å². The normalized spacial score (nSPS) is 10.1. The lowest BCUT2D eigenvalue weighted by molar-refractivity contribution is -0.113. The monoisotopic (exact) mass is 288 g/mol. The number of amides is 1. The van der Waals surface area contributed by atoms with Gasteiger partial charge in [0.25, 0.3) is 0 Å². The number of carbonyl (C=O) groups is 1. The van der Waals surface area contributed by atoms with E-state index in [1.54, 1.807) is 19.2 Å². The molecule has 104 valence electrons. The van der Waals surface area contributed by atoms with E-state index < -0.39 is 0 Å². The van der Waals surface area contributed by atoms with Crippen LogP contribution in [-0.2, 0) is 4.79 Å². The van der Waals surface area contributed by atoms with Gasteiger partial charge in [-0.15, -0.1) is 11.8 Å². The molecule has 0 heterocycles. The molecular formula is C15H16N2O2S. The summed E-state index contributed by atoms with van der Waals surface area (Å²) in [6.45, 7) is 0. The van der Waals surface area contributed by atoms with Gasteiger partial charge in [0.15, 0.2) is 0 Å². The summed E-state index contributed by atoms with van der Waals surface area (Å²) in [4.78, 5) is 12.9. The van der Waals surface area contributed by atoms with E-state index in [-0.39, 0.29) is 5.91 Å². The van der Waals surface area contributed by atoms with Crippen molar-refractivity contribution in [2.45, 2.75) is 4.90 Å². The van der Waals surface area contributed by atoms with E-state index in [4.69, 9.17) is 10.5 Å². The molecule has 0 unspecified atom stereocenters. The number of hydrogen-bond acceptors (Lipinski definition) is 4. The highest BCUT2D eigenvalue weighted by Gasteiger charge is 2.06. The molecule has 2 aromatic carbocycles. The minimum absolute atomic E-state index is 0.0873. The molecule has 2 rings (SSSR count). The van der Waals surface area contributed by atoms with Crippen molar-refractivity contribution < 1.29 is 9.53 Å². The number of para-hydroxylation sites is 2. The Morgan fingerprint density at radius 2 is 2.05 bits per heavy atom. The fourth-order valence-corrected chi connectivity index (χ4v) is 2.38. The Kier molecular flexibility index (Phi) is 4.90. The van der Waals surface area contributed by atoms with E-state index in [0.717, 1.165) is 10.6 Å². The molecule has 0 bridgehead atoms. The van der Waals surface area contributed by atoms with Crippen LogP contribution in [0, 0.1) is 0 Å². The van der Waals surface area contributed by atoms with E-state index in [0.29, 0.717) is 17.1 Å². The van der Waals surface area contributed by atoms with E-state index in [9.17, 15) is 4.79 Å². The summed E-state index contributed by atoms with van der Waals surface area (Å²) < 4.78 is 5.14. The van der Waals surface area contributed by atoms with Gasteiger partial charge in [-0.25, -0.2) is 0 Å². The highest BCUT2D eigenvalue weighted by molar-refractivity contribution is 8.00. The number of nitrogens with two attached hydrogens (primary N) is 1. The first-order chi connectivity index (χ1) is 9.69. The minimum atomic E-state index is -0.0873. The first-order valence-electron chi connectivity index (χ1n) is 6.10. The van der Waals surface area contributed by atoms with Gasteiger partial charge in [-0.3, -0.25) is 4.79 Å². The number of hydrogen-bond donors (Lipinski definition) is 2. The van der Waals surface area contributed by atoms with E-state index in [1.165, 1.54) is 11.8 Å². The zero-order chi connectivity index (χ0) is 14.4. The molecule has 3 N–H and O–H groups in total. The maximum Gasteiger partial charge on any atom is 0.234 e. The van der Waals surface area contributed by atoms with Gasteiger partial charge in [0.2, 0.25) is 5.91 Å². The molecule has 5 heteroatoms. The van der Waals surface area contributed by atoms with Crippen LogP contribution in [0.1, 0.15) is 0 Å². The Morgan fingerprint density at radius 3 is 2.80 bits per heavy atom. The number of anilines is 2. The van der Waals surface area contributed by atoms with Crippen molar-refractivity contribution in [1.82, 2.24) is 0 Å². The Morgan fingerprint density at radius 1 is 1.25 bits per heavy atom. The van der Waals surface area contributed by atoms with Gasteiger partial charge in [0.05, 0.1) is 24.2 Å². The molecule has 0 aromatic heterocycles. The van der Waals surface area contributed by atoms with Crippen molar-refractivity contribution in [2.75, 3.05) is 23.9 Å². The fourth-order valence-electron chi connectivity index (χ4n) is 1.64. The number of carbonyl (C=O) groups excluding carboxylic acids is 1. The van der Waals surface area contributed by atoms with Gasteiger partial charge < -0.3 is 15.8 Å². The van der Waals surface area contributed by atoms with Crippen LogP contribution < -0.4 is 15.8 Å². The van der Waals surface area contributed by atoms with Crippen LogP contribution in [0.5, 0.6) is 5.75 Å². The number of benzene rings is 2. The quantitative estimate of drug-likeness (QED) is 0.655. The minimum Gasteiger partial charge on any atom is -0.497 e. The lowest BCUT2D eigenvalue weighted by Gasteiger charge is -2.08. The van der Waals surface area contributed by atoms with E-state index in [1.807, 2.05) is 36.4 Å². The molecule has 20 heavy (non-hydrogen) atoms. The molecular weight excluding hydrogens is 272 g/mol. The van der Waals surface area contributed by atoms with Gasteiger partial charge >= 0.3 is 0 Å².